The number of carbonyl (C=O) groups is 3. The van der Waals surface area contributed by atoms with E-state index < -0.39 is 30.1 Å². The maximum Gasteiger partial charge on any atom is 0.407 e. The molecular weight excluding hydrogens is 408 g/mol. The van der Waals surface area contributed by atoms with Crippen molar-refractivity contribution in [3.63, 3.8) is 0 Å². The largest absolute Gasteiger partial charge is 0.480 e. The molecule has 2 amide bonds. The number of fused-ring (bicyclic) bond motifs is 3. The molecule has 3 N–H and O–H groups in total. The smallest absolute Gasteiger partial charge is 0.407 e. The third-order valence-electron chi connectivity index (χ3n) is 6.02. The van der Waals surface area contributed by atoms with E-state index in [0.717, 1.165) is 28.7 Å². The van der Waals surface area contributed by atoms with E-state index in [1.165, 1.54) is 6.92 Å². The Labute approximate surface area is 188 Å². The van der Waals surface area contributed by atoms with Crippen molar-refractivity contribution in [2.45, 2.75) is 51.6 Å². The maximum absolute atomic E-state index is 12.4. The van der Waals surface area contributed by atoms with Crippen LogP contribution in [0, 0.1) is 5.92 Å². The first-order valence-electron chi connectivity index (χ1n) is 11.0. The molecule has 0 radical (unpaired) electrons. The fourth-order valence-electron chi connectivity index (χ4n) is 3.97. The SMILES string of the molecule is CCC(C)CC(NC(=O)[C@@H](C)NC(=O)OCC1c2ccccc2-c2ccccc21)C(=O)O. The molecule has 0 bridgehead atoms. The minimum absolute atomic E-state index is 0.0794. The van der Waals surface area contributed by atoms with Gasteiger partial charge in [-0.1, -0.05) is 68.8 Å². The lowest BCUT2D eigenvalue weighted by atomic mass is 9.98. The molecule has 0 aliphatic heterocycles. The number of aliphatic carboxylic acids is 1. The Bertz CT molecular complexity index is 944. The van der Waals surface area contributed by atoms with E-state index in [1.807, 2.05) is 50.2 Å². The van der Waals surface area contributed by atoms with Crippen LogP contribution in [0.15, 0.2) is 48.5 Å². The second kappa shape index (κ2) is 10.3. The van der Waals surface area contributed by atoms with Crippen LogP contribution < -0.4 is 10.6 Å². The van der Waals surface area contributed by atoms with Crippen LogP contribution in [-0.2, 0) is 14.3 Å². The average Bonchev–Trinajstić information content (AvgIpc) is 3.10. The second-order valence-electron chi connectivity index (χ2n) is 8.34. The summed E-state index contributed by atoms with van der Waals surface area (Å²) in [6.07, 6.45) is 0.422. The van der Waals surface area contributed by atoms with Crippen LogP contribution in [0.3, 0.4) is 0 Å². The minimum atomic E-state index is -1.09. The lowest BCUT2D eigenvalue weighted by Crippen LogP contribution is -2.50. The Morgan fingerprint density at radius 3 is 2.06 bits per heavy atom. The Morgan fingerprint density at radius 2 is 1.53 bits per heavy atom. The highest BCUT2D eigenvalue weighted by molar-refractivity contribution is 5.89. The normalized spacial score (nSPS) is 15.1. The first-order chi connectivity index (χ1) is 15.3. The van der Waals surface area contributed by atoms with Crippen molar-refractivity contribution in [3.05, 3.63) is 59.7 Å². The van der Waals surface area contributed by atoms with Crippen molar-refractivity contribution < 1.29 is 24.2 Å². The molecule has 0 heterocycles. The molecule has 170 valence electrons. The monoisotopic (exact) mass is 438 g/mol. The zero-order chi connectivity index (χ0) is 23.3. The van der Waals surface area contributed by atoms with Crippen LogP contribution in [0.5, 0.6) is 0 Å². The molecule has 32 heavy (non-hydrogen) atoms. The van der Waals surface area contributed by atoms with E-state index in [-0.39, 0.29) is 18.4 Å². The van der Waals surface area contributed by atoms with Crippen molar-refractivity contribution in [1.29, 1.82) is 0 Å². The first kappa shape index (κ1) is 23.3. The summed E-state index contributed by atoms with van der Waals surface area (Å²) >= 11 is 0. The lowest BCUT2D eigenvalue weighted by molar-refractivity contribution is -0.142. The number of amides is 2. The van der Waals surface area contributed by atoms with Crippen molar-refractivity contribution in [2.24, 2.45) is 5.92 Å². The van der Waals surface area contributed by atoms with E-state index in [2.05, 4.69) is 22.8 Å². The van der Waals surface area contributed by atoms with Crippen molar-refractivity contribution in [1.82, 2.24) is 10.6 Å². The number of rotatable bonds is 9. The second-order valence-corrected chi connectivity index (χ2v) is 8.34. The van der Waals surface area contributed by atoms with Gasteiger partial charge in [0.15, 0.2) is 0 Å². The maximum atomic E-state index is 12.4. The van der Waals surface area contributed by atoms with E-state index in [0.29, 0.717) is 6.42 Å². The van der Waals surface area contributed by atoms with Gasteiger partial charge >= 0.3 is 12.1 Å². The molecule has 2 aromatic carbocycles. The third kappa shape index (κ3) is 5.28. The lowest BCUT2D eigenvalue weighted by Gasteiger charge is -2.21. The van der Waals surface area contributed by atoms with Gasteiger partial charge in [-0.15, -0.1) is 0 Å². The summed E-state index contributed by atoms with van der Waals surface area (Å²) in [6, 6.07) is 14.1. The molecule has 0 saturated heterocycles. The molecule has 1 aliphatic rings. The molecule has 0 fully saturated rings. The predicted molar refractivity (Wildman–Crippen MR) is 121 cm³/mol. The minimum Gasteiger partial charge on any atom is -0.480 e. The highest BCUT2D eigenvalue weighted by Crippen LogP contribution is 2.44. The fourth-order valence-corrected chi connectivity index (χ4v) is 3.97. The molecule has 2 aromatic rings. The number of carbonyl (C=O) groups excluding carboxylic acids is 2. The zero-order valence-electron chi connectivity index (χ0n) is 18.6. The van der Waals surface area contributed by atoms with Gasteiger partial charge in [0, 0.05) is 5.92 Å². The van der Waals surface area contributed by atoms with Gasteiger partial charge in [-0.05, 0) is 41.5 Å². The number of nitrogens with one attached hydrogen (secondary N) is 2. The van der Waals surface area contributed by atoms with E-state index in [4.69, 9.17) is 4.74 Å². The molecule has 0 spiro atoms. The number of carboxylic acids is 1. The van der Waals surface area contributed by atoms with Crippen molar-refractivity contribution in [2.75, 3.05) is 6.61 Å². The van der Waals surface area contributed by atoms with Gasteiger partial charge in [-0.3, -0.25) is 4.79 Å². The summed E-state index contributed by atoms with van der Waals surface area (Å²) < 4.78 is 5.45. The summed E-state index contributed by atoms with van der Waals surface area (Å²) in [6.45, 7) is 5.53. The van der Waals surface area contributed by atoms with Gasteiger partial charge in [0.1, 0.15) is 18.7 Å². The van der Waals surface area contributed by atoms with Gasteiger partial charge in [0.25, 0.3) is 0 Å². The molecule has 3 rings (SSSR count). The number of ether oxygens (including phenoxy) is 1. The molecule has 0 saturated carbocycles. The summed E-state index contributed by atoms with van der Waals surface area (Å²) in [5.74, 6) is -1.58. The number of hydrogen-bond donors (Lipinski definition) is 3. The molecule has 0 aromatic heterocycles. The Kier molecular flexibility index (Phi) is 7.51. The zero-order valence-corrected chi connectivity index (χ0v) is 18.6. The average molecular weight is 439 g/mol. The van der Waals surface area contributed by atoms with E-state index in [9.17, 15) is 19.5 Å². The summed E-state index contributed by atoms with van der Waals surface area (Å²) in [4.78, 5) is 36.2. The molecule has 1 aliphatic carbocycles. The summed E-state index contributed by atoms with van der Waals surface area (Å²) in [7, 11) is 0. The first-order valence-corrected chi connectivity index (χ1v) is 11.0. The molecule has 7 nitrogen and oxygen atoms in total. The van der Waals surface area contributed by atoms with Gasteiger partial charge in [0.05, 0.1) is 0 Å². The molecule has 2 unspecified atom stereocenters. The van der Waals surface area contributed by atoms with Gasteiger partial charge < -0.3 is 20.5 Å². The van der Waals surface area contributed by atoms with Crippen LogP contribution in [0.1, 0.15) is 50.7 Å². The Hall–Kier alpha value is -3.35. The molecule has 3 atom stereocenters. The van der Waals surface area contributed by atoms with Crippen molar-refractivity contribution in [3.8, 4) is 11.1 Å². The predicted octanol–water partition coefficient (Wildman–Crippen LogP) is 3.92. The fraction of sp³-hybridized carbons (Fsp3) is 0.400. The van der Waals surface area contributed by atoms with Gasteiger partial charge in [-0.25, -0.2) is 9.59 Å². The standard InChI is InChI=1S/C25H30N2O5/c1-4-15(2)13-22(24(29)30)27-23(28)16(3)26-25(31)32-14-21-19-11-7-5-9-17(19)18-10-6-8-12-20(18)21/h5-12,15-16,21-22H,4,13-14H2,1-3H3,(H,26,31)(H,27,28)(H,29,30)/t15?,16-,22?/m1/s1. The highest BCUT2D eigenvalue weighted by Gasteiger charge is 2.30. The van der Waals surface area contributed by atoms with Crippen LogP contribution in [0.2, 0.25) is 0 Å². The number of alkyl carbamates (subject to hydrolysis) is 1. The van der Waals surface area contributed by atoms with Gasteiger partial charge in [-0.2, -0.15) is 0 Å². The quantitative estimate of drug-likeness (QED) is 0.550. The van der Waals surface area contributed by atoms with Crippen LogP contribution in [0.4, 0.5) is 4.79 Å². The molecule has 7 heteroatoms. The van der Waals surface area contributed by atoms with E-state index in [1.54, 1.807) is 0 Å². The van der Waals surface area contributed by atoms with Crippen LogP contribution in [0.25, 0.3) is 11.1 Å². The van der Waals surface area contributed by atoms with Crippen LogP contribution in [-0.4, -0.2) is 41.8 Å². The Morgan fingerprint density at radius 1 is 0.969 bits per heavy atom. The van der Waals surface area contributed by atoms with Gasteiger partial charge in [0.2, 0.25) is 5.91 Å². The Balaban J connectivity index is 1.57. The number of carboxylic acid groups (broad SMARTS) is 1. The van der Waals surface area contributed by atoms with Crippen LogP contribution >= 0.6 is 0 Å². The molecular formula is C25H30N2O5. The topological polar surface area (TPSA) is 105 Å². The van der Waals surface area contributed by atoms with Crippen molar-refractivity contribution >= 4 is 18.0 Å². The summed E-state index contributed by atoms with van der Waals surface area (Å²) in [5, 5.41) is 14.4. The van der Waals surface area contributed by atoms with E-state index >= 15 is 0 Å². The number of benzene rings is 2. The highest BCUT2D eigenvalue weighted by atomic mass is 16.5. The third-order valence-corrected chi connectivity index (χ3v) is 6.02. The number of hydrogen-bond acceptors (Lipinski definition) is 4. The summed E-state index contributed by atoms with van der Waals surface area (Å²) in [5.41, 5.74) is 4.46.